The minimum atomic E-state index is 0.894. The number of hydrogen-bond acceptors (Lipinski definition) is 3. The molecular formula is C8H7N3. The molecule has 0 aliphatic rings. The van der Waals surface area contributed by atoms with E-state index in [1.165, 1.54) is 5.56 Å². The van der Waals surface area contributed by atoms with E-state index in [2.05, 4.69) is 15.4 Å². The van der Waals surface area contributed by atoms with Crippen molar-refractivity contribution >= 4 is 10.9 Å². The molecule has 1 aromatic carbocycles. The van der Waals surface area contributed by atoms with Crippen LogP contribution in [-0.2, 0) is 0 Å². The average molecular weight is 145 g/mol. The third-order valence-corrected chi connectivity index (χ3v) is 1.58. The Morgan fingerprint density at radius 1 is 1.27 bits per heavy atom. The van der Waals surface area contributed by atoms with Gasteiger partial charge in [-0.3, -0.25) is 0 Å². The van der Waals surface area contributed by atoms with Crippen LogP contribution in [0.5, 0.6) is 0 Å². The molecule has 0 saturated heterocycles. The molecule has 2 aromatic rings. The van der Waals surface area contributed by atoms with Gasteiger partial charge in [-0.2, -0.15) is 0 Å². The van der Waals surface area contributed by atoms with Crippen molar-refractivity contribution in [3.63, 3.8) is 0 Å². The summed E-state index contributed by atoms with van der Waals surface area (Å²) in [6.45, 7) is 2.04. The highest BCUT2D eigenvalue weighted by atomic mass is 15.3. The van der Waals surface area contributed by atoms with E-state index in [1.807, 2.05) is 25.1 Å². The molecule has 3 nitrogen and oxygen atoms in total. The third kappa shape index (κ3) is 1.05. The number of nitrogens with zero attached hydrogens (tertiary/aromatic N) is 3. The summed E-state index contributed by atoms with van der Waals surface area (Å²) >= 11 is 0. The van der Waals surface area contributed by atoms with Crippen LogP contribution in [0.1, 0.15) is 5.56 Å². The number of aryl methyl sites for hydroxylation is 1. The maximum Gasteiger partial charge on any atom is 0.0963 e. The van der Waals surface area contributed by atoms with Gasteiger partial charge < -0.3 is 0 Å². The first kappa shape index (κ1) is 6.22. The number of fused-ring (bicyclic) bond motifs is 1. The maximum absolute atomic E-state index is 3.86. The van der Waals surface area contributed by atoms with Crippen LogP contribution in [0.4, 0.5) is 0 Å². The van der Waals surface area contributed by atoms with Gasteiger partial charge in [0.15, 0.2) is 0 Å². The lowest BCUT2D eigenvalue weighted by Crippen LogP contribution is -1.86. The highest BCUT2D eigenvalue weighted by Gasteiger charge is 1.92. The van der Waals surface area contributed by atoms with E-state index >= 15 is 0 Å². The van der Waals surface area contributed by atoms with Gasteiger partial charge in [0.2, 0.25) is 0 Å². The molecule has 11 heavy (non-hydrogen) atoms. The topological polar surface area (TPSA) is 38.7 Å². The van der Waals surface area contributed by atoms with E-state index in [1.54, 1.807) is 6.20 Å². The van der Waals surface area contributed by atoms with Crippen molar-refractivity contribution in [1.82, 2.24) is 15.4 Å². The van der Waals surface area contributed by atoms with Gasteiger partial charge in [-0.25, -0.2) is 0 Å². The smallest absolute Gasteiger partial charge is 0.0963 e. The molecule has 0 unspecified atom stereocenters. The fourth-order valence-corrected chi connectivity index (χ4v) is 1.03. The molecule has 2 rings (SSSR count). The van der Waals surface area contributed by atoms with Crippen molar-refractivity contribution in [1.29, 1.82) is 0 Å². The molecule has 0 amide bonds. The summed E-state index contributed by atoms with van der Waals surface area (Å²) in [5, 5.41) is 12.1. The van der Waals surface area contributed by atoms with Gasteiger partial charge in [0.25, 0.3) is 0 Å². The zero-order valence-electron chi connectivity index (χ0n) is 6.15. The van der Waals surface area contributed by atoms with E-state index in [9.17, 15) is 0 Å². The highest BCUT2D eigenvalue weighted by Crippen LogP contribution is 2.09. The van der Waals surface area contributed by atoms with Crippen LogP contribution < -0.4 is 0 Å². The van der Waals surface area contributed by atoms with Gasteiger partial charge in [0, 0.05) is 5.39 Å². The quantitative estimate of drug-likeness (QED) is 0.561. The number of hydrogen-bond donors (Lipinski definition) is 0. The summed E-state index contributed by atoms with van der Waals surface area (Å²) in [6.07, 6.45) is 1.72. The molecule has 0 spiro atoms. The number of rotatable bonds is 0. The van der Waals surface area contributed by atoms with Gasteiger partial charge in [-0.1, -0.05) is 11.6 Å². The van der Waals surface area contributed by atoms with Gasteiger partial charge in [-0.05, 0) is 24.3 Å². The molecule has 1 aromatic heterocycles. The zero-order valence-corrected chi connectivity index (χ0v) is 6.15. The molecule has 1 heterocycles. The largest absolute Gasteiger partial charge is 0.138 e. The number of aromatic nitrogens is 3. The van der Waals surface area contributed by atoms with Crippen LogP contribution in [0.2, 0.25) is 0 Å². The first-order chi connectivity index (χ1) is 5.36. The zero-order chi connectivity index (χ0) is 7.68. The first-order valence-corrected chi connectivity index (χ1v) is 3.41. The summed E-state index contributed by atoms with van der Waals surface area (Å²) < 4.78 is 0. The van der Waals surface area contributed by atoms with E-state index in [-0.39, 0.29) is 0 Å². The molecule has 0 aliphatic heterocycles. The Labute approximate surface area is 64.1 Å². The predicted molar refractivity (Wildman–Crippen MR) is 42.1 cm³/mol. The normalized spacial score (nSPS) is 10.3. The van der Waals surface area contributed by atoms with Crippen LogP contribution in [0.25, 0.3) is 10.9 Å². The lowest BCUT2D eigenvalue weighted by Gasteiger charge is -1.94. The molecule has 0 fully saturated rings. The molecule has 0 radical (unpaired) electrons. The van der Waals surface area contributed by atoms with E-state index in [0.717, 1.165) is 10.9 Å². The van der Waals surface area contributed by atoms with Crippen molar-refractivity contribution < 1.29 is 0 Å². The SMILES string of the molecule is Cc1ccc2nnncc2c1. The van der Waals surface area contributed by atoms with Crippen LogP contribution in [-0.4, -0.2) is 15.4 Å². The Balaban J connectivity index is 2.83. The van der Waals surface area contributed by atoms with Crippen molar-refractivity contribution in [3.8, 4) is 0 Å². The Kier molecular flexibility index (Phi) is 1.28. The van der Waals surface area contributed by atoms with Gasteiger partial charge in [-0.15, -0.1) is 10.2 Å². The van der Waals surface area contributed by atoms with Gasteiger partial charge >= 0.3 is 0 Å². The van der Waals surface area contributed by atoms with Crippen molar-refractivity contribution in [2.75, 3.05) is 0 Å². The molecule has 0 saturated carbocycles. The van der Waals surface area contributed by atoms with Crippen molar-refractivity contribution in [3.05, 3.63) is 30.0 Å². The second kappa shape index (κ2) is 2.27. The maximum atomic E-state index is 3.86. The second-order valence-corrected chi connectivity index (χ2v) is 2.50. The summed E-state index contributed by atoms with van der Waals surface area (Å²) in [5.41, 5.74) is 2.11. The monoisotopic (exact) mass is 145 g/mol. The Hall–Kier alpha value is -1.51. The summed E-state index contributed by atoms with van der Waals surface area (Å²) in [6, 6.07) is 5.99. The summed E-state index contributed by atoms with van der Waals surface area (Å²) in [5.74, 6) is 0. The minimum absolute atomic E-state index is 0.894. The minimum Gasteiger partial charge on any atom is -0.138 e. The Bertz CT molecular complexity index is 384. The summed E-state index contributed by atoms with van der Waals surface area (Å²) in [4.78, 5) is 0. The molecule has 0 bridgehead atoms. The van der Waals surface area contributed by atoms with Crippen LogP contribution in [0.3, 0.4) is 0 Å². The molecule has 0 aliphatic carbocycles. The van der Waals surface area contributed by atoms with Gasteiger partial charge in [0.1, 0.15) is 0 Å². The lowest BCUT2D eigenvalue weighted by atomic mass is 10.2. The second-order valence-electron chi connectivity index (χ2n) is 2.50. The van der Waals surface area contributed by atoms with Crippen LogP contribution in [0, 0.1) is 6.92 Å². The van der Waals surface area contributed by atoms with Crippen molar-refractivity contribution in [2.24, 2.45) is 0 Å². The summed E-state index contributed by atoms with van der Waals surface area (Å²) in [7, 11) is 0. The van der Waals surface area contributed by atoms with Crippen LogP contribution >= 0.6 is 0 Å². The van der Waals surface area contributed by atoms with E-state index < -0.39 is 0 Å². The van der Waals surface area contributed by atoms with Gasteiger partial charge in [0.05, 0.1) is 11.7 Å². The Morgan fingerprint density at radius 3 is 3.09 bits per heavy atom. The standard InChI is InChI=1S/C8H7N3/c1-6-2-3-8-7(4-6)5-9-11-10-8/h2-5H,1H3. The number of benzene rings is 1. The molecular weight excluding hydrogens is 138 g/mol. The molecule has 0 atom stereocenters. The van der Waals surface area contributed by atoms with E-state index in [0.29, 0.717) is 0 Å². The van der Waals surface area contributed by atoms with E-state index in [4.69, 9.17) is 0 Å². The average Bonchev–Trinajstić information content (AvgIpc) is 2.04. The molecule has 0 N–H and O–H groups in total. The fourth-order valence-electron chi connectivity index (χ4n) is 1.03. The fraction of sp³-hybridized carbons (Fsp3) is 0.125. The Morgan fingerprint density at radius 2 is 2.18 bits per heavy atom. The first-order valence-electron chi connectivity index (χ1n) is 3.41. The lowest BCUT2D eigenvalue weighted by molar-refractivity contribution is 0.895. The molecule has 3 heteroatoms. The predicted octanol–water partition coefficient (Wildman–Crippen LogP) is 1.33. The van der Waals surface area contributed by atoms with Crippen molar-refractivity contribution in [2.45, 2.75) is 6.92 Å². The third-order valence-electron chi connectivity index (χ3n) is 1.58. The molecule has 54 valence electrons. The van der Waals surface area contributed by atoms with Crippen LogP contribution in [0.15, 0.2) is 24.4 Å². The highest BCUT2D eigenvalue weighted by molar-refractivity contribution is 5.77.